The smallest absolute Gasteiger partial charge is 0.224 e. The molecule has 1 amide bonds. The van der Waals surface area contributed by atoms with Crippen LogP contribution < -0.4 is 0 Å². The van der Waals surface area contributed by atoms with Crippen molar-refractivity contribution in [3.8, 4) is 0 Å². The summed E-state index contributed by atoms with van der Waals surface area (Å²) < 4.78 is 5.56. The molecule has 0 saturated heterocycles. The minimum absolute atomic E-state index is 0.0803. The Morgan fingerprint density at radius 3 is 2.55 bits per heavy atom. The van der Waals surface area contributed by atoms with Crippen molar-refractivity contribution in [2.45, 2.75) is 33.4 Å². The average Bonchev–Trinajstić information content (AvgIpc) is 2.92. The Bertz CT molecular complexity index is 672. The molecule has 0 aliphatic rings. The Hall–Kier alpha value is -1.15. The molecule has 0 spiro atoms. The molecule has 0 radical (unpaired) electrons. The molecule has 6 nitrogen and oxygen atoms in total. The van der Waals surface area contributed by atoms with Gasteiger partial charge >= 0.3 is 0 Å². The van der Waals surface area contributed by atoms with Crippen LogP contribution in [0.1, 0.15) is 23.5 Å². The zero-order valence-electron chi connectivity index (χ0n) is 13.1. The van der Waals surface area contributed by atoms with E-state index in [-0.39, 0.29) is 5.91 Å². The number of aromatic nitrogens is 4. The molecule has 0 unspecified atom stereocenters. The predicted molar refractivity (Wildman–Crippen MR) is 91.4 cm³/mol. The van der Waals surface area contributed by atoms with Gasteiger partial charge in [0.25, 0.3) is 0 Å². The average molecular weight is 433 g/mol. The first kappa shape index (κ1) is 17.2. The van der Waals surface area contributed by atoms with Crippen LogP contribution in [-0.2, 0) is 24.9 Å². The lowest BCUT2D eigenvalue weighted by atomic mass is 10.3. The van der Waals surface area contributed by atoms with Gasteiger partial charge in [0.2, 0.25) is 5.91 Å². The summed E-state index contributed by atoms with van der Waals surface area (Å²) in [5.41, 5.74) is 2.96. The zero-order chi connectivity index (χ0) is 16.4. The van der Waals surface area contributed by atoms with Gasteiger partial charge in [0.15, 0.2) is 0 Å². The van der Waals surface area contributed by atoms with E-state index < -0.39 is 0 Å². The topological polar surface area (TPSA) is 56.0 Å². The van der Waals surface area contributed by atoms with Gasteiger partial charge in [0.1, 0.15) is 0 Å². The lowest BCUT2D eigenvalue weighted by Gasteiger charge is -2.18. The maximum Gasteiger partial charge on any atom is 0.224 e. The van der Waals surface area contributed by atoms with Crippen LogP contribution in [0.15, 0.2) is 15.1 Å². The van der Waals surface area contributed by atoms with Gasteiger partial charge in [0, 0.05) is 26.2 Å². The first-order valence-electron chi connectivity index (χ1n) is 6.91. The summed E-state index contributed by atoms with van der Waals surface area (Å²) in [7, 11) is 3.67. The van der Waals surface area contributed by atoms with Crippen LogP contribution in [0.3, 0.4) is 0 Å². The third-order valence-electron chi connectivity index (χ3n) is 3.65. The Morgan fingerprint density at radius 2 is 2.05 bits per heavy atom. The molecule has 2 aromatic heterocycles. The van der Waals surface area contributed by atoms with Crippen molar-refractivity contribution in [3.63, 3.8) is 0 Å². The van der Waals surface area contributed by atoms with E-state index >= 15 is 0 Å². The normalized spacial score (nSPS) is 11.0. The quantitative estimate of drug-likeness (QED) is 0.729. The van der Waals surface area contributed by atoms with Crippen molar-refractivity contribution in [2.75, 3.05) is 7.05 Å². The zero-order valence-corrected chi connectivity index (χ0v) is 16.3. The van der Waals surface area contributed by atoms with Crippen LogP contribution in [0.5, 0.6) is 0 Å². The third-order valence-corrected chi connectivity index (χ3v) is 5.46. The minimum Gasteiger partial charge on any atom is -0.340 e. The molecule has 0 fully saturated rings. The van der Waals surface area contributed by atoms with Crippen LogP contribution in [0.4, 0.5) is 0 Å². The number of carbonyl (C=O) groups excluding carboxylic acids is 1. The van der Waals surface area contributed by atoms with E-state index in [0.29, 0.717) is 19.5 Å². The highest BCUT2D eigenvalue weighted by Gasteiger charge is 2.15. The molecule has 0 saturated carbocycles. The highest BCUT2D eigenvalue weighted by atomic mass is 79.9. The van der Waals surface area contributed by atoms with E-state index in [4.69, 9.17) is 0 Å². The van der Waals surface area contributed by atoms with Crippen LogP contribution >= 0.6 is 31.9 Å². The molecular formula is C14H19Br2N5O. The van der Waals surface area contributed by atoms with Crippen molar-refractivity contribution in [2.24, 2.45) is 7.05 Å². The van der Waals surface area contributed by atoms with Crippen molar-refractivity contribution in [1.82, 2.24) is 24.5 Å². The van der Waals surface area contributed by atoms with Gasteiger partial charge in [-0.2, -0.15) is 10.2 Å². The third kappa shape index (κ3) is 3.60. The summed E-state index contributed by atoms with van der Waals surface area (Å²) in [6, 6.07) is 0. The van der Waals surface area contributed by atoms with Gasteiger partial charge in [0.05, 0.1) is 39.6 Å². The number of carbonyl (C=O) groups is 1. The molecule has 120 valence electrons. The van der Waals surface area contributed by atoms with Crippen molar-refractivity contribution in [3.05, 3.63) is 32.2 Å². The molecule has 0 aliphatic carbocycles. The number of aryl methyl sites for hydroxylation is 3. The number of amides is 1. The van der Waals surface area contributed by atoms with Crippen LogP contribution in [0.25, 0.3) is 0 Å². The van der Waals surface area contributed by atoms with Crippen LogP contribution in [0, 0.1) is 13.8 Å². The molecule has 8 heteroatoms. The van der Waals surface area contributed by atoms with Gasteiger partial charge in [-0.15, -0.1) is 0 Å². The molecule has 2 rings (SSSR count). The second-order valence-electron chi connectivity index (χ2n) is 5.27. The van der Waals surface area contributed by atoms with E-state index in [0.717, 1.165) is 26.0 Å². The highest BCUT2D eigenvalue weighted by Crippen LogP contribution is 2.20. The van der Waals surface area contributed by atoms with Gasteiger partial charge in [-0.3, -0.25) is 14.2 Å². The molecule has 0 atom stereocenters. The summed E-state index contributed by atoms with van der Waals surface area (Å²) in [5.74, 6) is 0.0803. The van der Waals surface area contributed by atoms with E-state index in [2.05, 4.69) is 42.1 Å². The first-order chi connectivity index (χ1) is 10.3. The van der Waals surface area contributed by atoms with E-state index in [1.165, 1.54) is 0 Å². The SMILES string of the molecule is Cc1nn(CCC(=O)N(C)Cc2c(Br)cnn2C)c(C)c1Br. The van der Waals surface area contributed by atoms with Gasteiger partial charge in [-0.25, -0.2) is 0 Å². The summed E-state index contributed by atoms with van der Waals surface area (Å²) >= 11 is 6.95. The number of hydrogen-bond acceptors (Lipinski definition) is 3. The highest BCUT2D eigenvalue weighted by molar-refractivity contribution is 9.10. The van der Waals surface area contributed by atoms with E-state index in [1.807, 2.05) is 25.6 Å². The Labute approximate surface area is 146 Å². The van der Waals surface area contributed by atoms with Gasteiger partial charge < -0.3 is 4.90 Å². The van der Waals surface area contributed by atoms with Gasteiger partial charge in [-0.05, 0) is 45.7 Å². The second kappa shape index (κ2) is 6.95. The van der Waals surface area contributed by atoms with Crippen LogP contribution in [-0.4, -0.2) is 37.4 Å². The monoisotopic (exact) mass is 431 g/mol. The van der Waals surface area contributed by atoms with Gasteiger partial charge in [-0.1, -0.05) is 0 Å². The maximum absolute atomic E-state index is 12.3. The fourth-order valence-corrected chi connectivity index (χ4v) is 2.97. The standard InChI is InChI=1S/C14H19Br2N5O/c1-9-14(16)10(2)21(18-9)6-5-13(22)19(3)8-12-11(15)7-17-20(12)4/h7H,5-6,8H2,1-4H3. The lowest BCUT2D eigenvalue weighted by molar-refractivity contribution is -0.130. The fraction of sp³-hybridized carbons (Fsp3) is 0.500. The Balaban J connectivity index is 1.96. The van der Waals surface area contributed by atoms with Crippen molar-refractivity contribution in [1.29, 1.82) is 0 Å². The Kier molecular flexibility index (Phi) is 5.44. The molecule has 22 heavy (non-hydrogen) atoms. The second-order valence-corrected chi connectivity index (χ2v) is 6.92. The molecule has 0 aliphatic heterocycles. The predicted octanol–water partition coefficient (Wildman–Crippen LogP) is 2.81. The summed E-state index contributed by atoms with van der Waals surface area (Å²) in [5, 5.41) is 8.58. The number of nitrogens with zero attached hydrogens (tertiary/aromatic N) is 5. The van der Waals surface area contributed by atoms with E-state index in [9.17, 15) is 4.79 Å². The minimum atomic E-state index is 0.0803. The number of hydrogen-bond donors (Lipinski definition) is 0. The number of rotatable bonds is 5. The summed E-state index contributed by atoms with van der Waals surface area (Å²) in [4.78, 5) is 14.0. The van der Waals surface area contributed by atoms with Crippen molar-refractivity contribution >= 4 is 37.8 Å². The van der Waals surface area contributed by atoms with E-state index in [1.54, 1.807) is 22.8 Å². The molecular weight excluding hydrogens is 414 g/mol. The molecule has 2 aromatic rings. The molecule has 0 bridgehead atoms. The first-order valence-corrected chi connectivity index (χ1v) is 8.49. The molecule has 2 heterocycles. The van der Waals surface area contributed by atoms with Crippen molar-refractivity contribution < 1.29 is 4.79 Å². The molecule has 0 N–H and O–H groups in total. The number of halogens is 2. The maximum atomic E-state index is 12.3. The summed E-state index contributed by atoms with van der Waals surface area (Å²) in [6.45, 7) is 5.04. The fourth-order valence-electron chi connectivity index (χ4n) is 2.21. The Morgan fingerprint density at radius 1 is 1.36 bits per heavy atom. The lowest BCUT2D eigenvalue weighted by Crippen LogP contribution is -2.28. The molecule has 0 aromatic carbocycles. The summed E-state index contributed by atoms with van der Waals surface area (Å²) in [6.07, 6.45) is 2.15. The largest absolute Gasteiger partial charge is 0.340 e. The van der Waals surface area contributed by atoms with Crippen LogP contribution in [0.2, 0.25) is 0 Å².